The molecule has 0 fully saturated rings. The van der Waals surface area contributed by atoms with Crippen molar-refractivity contribution in [3.8, 4) is 11.5 Å². The van der Waals surface area contributed by atoms with Crippen LogP contribution in [0.2, 0.25) is 0 Å². The molecule has 0 amide bonds. The first-order valence-corrected chi connectivity index (χ1v) is 4.45. The van der Waals surface area contributed by atoms with Crippen molar-refractivity contribution < 1.29 is 8.81 Å². The SMILES string of the molecule is Fc1ccc(CCl)c(-c2nnco2)c1. The third-order valence-corrected chi connectivity index (χ3v) is 2.09. The average molecular weight is 213 g/mol. The first-order chi connectivity index (χ1) is 6.81. The Balaban J connectivity index is 2.55. The monoisotopic (exact) mass is 212 g/mol. The molecule has 0 unspecified atom stereocenters. The normalized spacial score (nSPS) is 10.4. The van der Waals surface area contributed by atoms with Crippen molar-refractivity contribution in [1.29, 1.82) is 0 Å². The molecule has 3 nitrogen and oxygen atoms in total. The number of halogens is 2. The molecule has 0 saturated carbocycles. The van der Waals surface area contributed by atoms with Crippen molar-refractivity contribution in [2.45, 2.75) is 5.88 Å². The summed E-state index contributed by atoms with van der Waals surface area (Å²) in [6, 6.07) is 4.27. The smallest absolute Gasteiger partial charge is 0.247 e. The van der Waals surface area contributed by atoms with E-state index in [1.54, 1.807) is 6.07 Å². The maximum Gasteiger partial charge on any atom is 0.247 e. The van der Waals surface area contributed by atoms with Crippen LogP contribution in [0.1, 0.15) is 5.56 Å². The number of hydrogen-bond donors (Lipinski definition) is 0. The lowest BCUT2D eigenvalue weighted by atomic mass is 10.1. The van der Waals surface area contributed by atoms with Gasteiger partial charge >= 0.3 is 0 Å². The molecule has 0 saturated heterocycles. The third kappa shape index (κ3) is 1.61. The highest BCUT2D eigenvalue weighted by molar-refractivity contribution is 6.17. The van der Waals surface area contributed by atoms with Gasteiger partial charge < -0.3 is 4.42 Å². The molecule has 5 heteroatoms. The van der Waals surface area contributed by atoms with Crippen molar-refractivity contribution in [2.75, 3.05) is 0 Å². The van der Waals surface area contributed by atoms with E-state index in [2.05, 4.69) is 10.2 Å². The van der Waals surface area contributed by atoms with Gasteiger partial charge in [-0.05, 0) is 17.7 Å². The summed E-state index contributed by atoms with van der Waals surface area (Å²) in [7, 11) is 0. The summed E-state index contributed by atoms with van der Waals surface area (Å²) in [6.45, 7) is 0. The van der Waals surface area contributed by atoms with E-state index in [4.69, 9.17) is 16.0 Å². The van der Waals surface area contributed by atoms with Crippen LogP contribution in [0.3, 0.4) is 0 Å². The van der Waals surface area contributed by atoms with Gasteiger partial charge in [0.05, 0.1) is 0 Å². The average Bonchev–Trinajstić information content (AvgIpc) is 2.70. The van der Waals surface area contributed by atoms with Gasteiger partial charge in [-0.3, -0.25) is 0 Å². The molecule has 2 aromatic rings. The molecule has 0 bridgehead atoms. The lowest BCUT2D eigenvalue weighted by molar-refractivity contribution is 0.566. The van der Waals surface area contributed by atoms with Crippen LogP contribution in [0.15, 0.2) is 29.0 Å². The Morgan fingerprint density at radius 3 is 2.93 bits per heavy atom. The molecule has 0 aliphatic heterocycles. The molecule has 1 aromatic heterocycles. The molecule has 0 radical (unpaired) electrons. The second kappa shape index (κ2) is 3.75. The molecule has 2 rings (SSSR count). The number of hydrogen-bond acceptors (Lipinski definition) is 3. The van der Waals surface area contributed by atoms with Gasteiger partial charge in [0.25, 0.3) is 0 Å². The third-order valence-electron chi connectivity index (χ3n) is 1.81. The van der Waals surface area contributed by atoms with E-state index >= 15 is 0 Å². The highest BCUT2D eigenvalue weighted by atomic mass is 35.5. The Morgan fingerprint density at radius 1 is 1.43 bits per heavy atom. The maximum atomic E-state index is 12.9. The van der Waals surface area contributed by atoms with Gasteiger partial charge in [-0.25, -0.2) is 4.39 Å². The van der Waals surface area contributed by atoms with Crippen molar-refractivity contribution in [1.82, 2.24) is 10.2 Å². The van der Waals surface area contributed by atoms with Crippen LogP contribution in [0.5, 0.6) is 0 Å². The van der Waals surface area contributed by atoms with Gasteiger partial charge in [-0.15, -0.1) is 21.8 Å². The fourth-order valence-electron chi connectivity index (χ4n) is 1.15. The van der Waals surface area contributed by atoms with Crippen LogP contribution in [-0.2, 0) is 5.88 Å². The van der Waals surface area contributed by atoms with Crippen LogP contribution in [0.4, 0.5) is 4.39 Å². The van der Waals surface area contributed by atoms with Crippen LogP contribution in [0, 0.1) is 5.82 Å². The zero-order chi connectivity index (χ0) is 9.97. The lowest BCUT2D eigenvalue weighted by Gasteiger charge is -2.01. The summed E-state index contributed by atoms with van der Waals surface area (Å²) in [6.07, 6.45) is 1.19. The molecule has 14 heavy (non-hydrogen) atoms. The van der Waals surface area contributed by atoms with Gasteiger partial charge in [0, 0.05) is 11.4 Å². The van der Waals surface area contributed by atoms with Crippen LogP contribution in [0.25, 0.3) is 11.5 Å². The van der Waals surface area contributed by atoms with Gasteiger partial charge in [-0.2, -0.15) is 0 Å². The molecular formula is C9H6ClFN2O. The van der Waals surface area contributed by atoms with Crippen molar-refractivity contribution in [3.05, 3.63) is 36.0 Å². The van der Waals surface area contributed by atoms with E-state index in [1.807, 2.05) is 0 Å². The Morgan fingerprint density at radius 2 is 2.29 bits per heavy atom. The zero-order valence-corrected chi connectivity index (χ0v) is 7.83. The predicted molar refractivity (Wildman–Crippen MR) is 49.2 cm³/mol. The van der Waals surface area contributed by atoms with E-state index < -0.39 is 0 Å². The second-order valence-electron chi connectivity index (χ2n) is 2.68. The fourth-order valence-corrected chi connectivity index (χ4v) is 1.39. The molecule has 1 heterocycles. The highest BCUT2D eigenvalue weighted by Crippen LogP contribution is 2.23. The first kappa shape index (κ1) is 9.15. The largest absolute Gasteiger partial charge is 0.423 e. The predicted octanol–water partition coefficient (Wildman–Crippen LogP) is 2.61. The van der Waals surface area contributed by atoms with E-state index in [-0.39, 0.29) is 17.6 Å². The molecule has 0 atom stereocenters. The molecule has 0 N–H and O–H groups in total. The number of nitrogens with zero attached hydrogens (tertiary/aromatic N) is 2. The van der Waals surface area contributed by atoms with Gasteiger partial charge in [0.2, 0.25) is 12.3 Å². The second-order valence-corrected chi connectivity index (χ2v) is 2.95. The summed E-state index contributed by atoms with van der Waals surface area (Å²) < 4.78 is 17.9. The number of rotatable bonds is 2. The molecular weight excluding hydrogens is 207 g/mol. The lowest BCUT2D eigenvalue weighted by Crippen LogP contribution is -1.88. The quantitative estimate of drug-likeness (QED) is 0.719. The fraction of sp³-hybridized carbons (Fsp3) is 0.111. The minimum absolute atomic E-state index is 0.276. The van der Waals surface area contributed by atoms with Crippen molar-refractivity contribution in [2.24, 2.45) is 0 Å². The summed E-state index contributed by atoms with van der Waals surface area (Å²) in [5.74, 6) is 0.199. The molecule has 72 valence electrons. The van der Waals surface area contributed by atoms with Gasteiger partial charge in [0.1, 0.15) is 5.82 Å². The van der Waals surface area contributed by atoms with E-state index in [0.717, 1.165) is 5.56 Å². The number of alkyl halides is 1. The highest BCUT2D eigenvalue weighted by Gasteiger charge is 2.10. The van der Waals surface area contributed by atoms with E-state index in [9.17, 15) is 4.39 Å². The van der Waals surface area contributed by atoms with Crippen molar-refractivity contribution in [3.63, 3.8) is 0 Å². The maximum absolute atomic E-state index is 12.9. The van der Waals surface area contributed by atoms with Crippen LogP contribution in [-0.4, -0.2) is 10.2 Å². The standard InChI is InChI=1S/C9H6ClFN2O/c10-4-6-1-2-7(11)3-8(6)9-13-12-5-14-9/h1-3,5H,4H2. The van der Waals surface area contributed by atoms with Gasteiger partial charge in [-0.1, -0.05) is 6.07 Å². The molecule has 0 aliphatic carbocycles. The summed E-state index contributed by atoms with van der Waals surface area (Å²) in [5.41, 5.74) is 1.30. The Bertz CT molecular complexity index is 430. The Labute approximate surface area is 84.5 Å². The van der Waals surface area contributed by atoms with E-state index in [0.29, 0.717) is 5.56 Å². The first-order valence-electron chi connectivity index (χ1n) is 3.92. The number of aromatic nitrogens is 2. The molecule has 0 spiro atoms. The summed E-state index contributed by atoms with van der Waals surface area (Å²) >= 11 is 5.69. The minimum atomic E-state index is -0.355. The zero-order valence-electron chi connectivity index (χ0n) is 7.08. The summed E-state index contributed by atoms with van der Waals surface area (Å²) in [5, 5.41) is 7.22. The van der Waals surface area contributed by atoms with E-state index in [1.165, 1.54) is 18.5 Å². The minimum Gasteiger partial charge on any atom is -0.423 e. The van der Waals surface area contributed by atoms with Gasteiger partial charge in [0.15, 0.2) is 0 Å². The molecule has 0 aliphatic rings. The number of benzene rings is 1. The topological polar surface area (TPSA) is 38.9 Å². The Hall–Kier alpha value is -1.42. The summed E-state index contributed by atoms with van der Waals surface area (Å²) in [4.78, 5) is 0. The van der Waals surface area contributed by atoms with Crippen LogP contribution >= 0.6 is 11.6 Å². The van der Waals surface area contributed by atoms with Crippen LogP contribution < -0.4 is 0 Å². The van der Waals surface area contributed by atoms with Crippen molar-refractivity contribution >= 4 is 11.6 Å². The molecule has 1 aromatic carbocycles. The Kier molecular flexibility index (Phi) is 2.45.